The van der Waals surface area contributed by atoms with Crippen LogP contribution in [0.1, 0.15) is 28.4 Å². The van der Waals surface area contributed by atoms with Gasteiger partial charge in [-0.2, -0.15) is 38.0 Å². The van der Waals surface area contributed by atoms with E-state index < -0.39 is 0 Å². The van der Waals surface area contributed by atoms with Gasteiger partial charge < -0.3 is 30.2 Å². The van der Waals surface area contributed by atoms with E-state index in [0.717, 1.165) is 106 Å². The summed E-state index contributed by atoms with van der Waals surface area (Å²) in [4.78, 5) is 38.1. The molecule has 0 aliphatic heterocycles. The van der Waals surface area contributed by atoms with Crippen molar-refractivity contribution in [3.8, 4) is 84.4 Å². The number of methoxy groups -OCH3 is 3. The molecule has 93 heavy (non-hydrogen) atoms. The van der Waals surface area contributed by atoms with Gasteiger partial charge in [0.1, 0.15) is 53.7 Å². The third kappa shape index (κ3) is 12.8. The fourth-order valence-corrected chi connectivity index (χ4v) is 12.1. The molecule has 8 aromatic heterocycles. The molecule has 21 heteroatoms. The van der Waals surface area contributed by atoms with Crippen LogP contribution in [-0.2, 0) is 0 Å². The maximum absolute atomic E-state index is 11.6. The SMILES string of the molecule is COc1ccc(-c2cccc(C)c2)cc1Nc1ncnc2n[nH]c(-c3ccsc3)c12.COc1ccc(-c2ccccc2)cc1Nc1ncnc2n[nH]c(-c3ccc(C(C)=O)cc3)c12.COc1ccc(-c2ccccc2C)cc1Nc1ncnc2n[nH]c(-c3ccsc3)c12. The van der Waals surface area contributed by atoms with E-state index in [1.807, 2.05) is 95.7 Å². The summed E-state index contributed by atoms with van der Waals surface area (Å²) in [5.74, 6) is 4.13. The molecule has 0 atom stereocenters. The molecule has 0 spiro atoms. The highest BCUT2D eigenvalue weighted by atomic mass is 32.1. The van der Waals surface area contributed by atoms with Gasteiger partial charge in [0.15, 0.2) is 22.7 Å². The topological polar surface area (TPSA) is 244 Å². The van der Waals surface area contributed by atoms with Gasteiger partial charge in [-0.15, -0.1) is 0 Å². The Hall–Kier alpha value is -11.9. The summed E-state index contributed by atoms with van der Waals surface area (Å²) in [7, 11) is 4.97. The number of carbonyl (C=O) groups is 1. The zero-order valence-corrected chi connectivity index (χ0v) is 52.8. The molecule has 0 radical (unpaired) electrons. The Morgan fingerprint density at radius 2 is 0.828 bits per heavy atom. The Morgan fingerprint density at radius 1 is 0.409 bits per heavy atom. The second kappa shape index (κ2) is 27.0. The highest BCUT2D eigenvalue weighted by Gasteiger charge is 2.21. The summed E-state index contributed by atoms with van der Waals surface area (Å²) in [6.45, 7) is 5.75. The molecular formula is C72H59N15O4S2. The number of benzene rings is 7. The largest absolute Gasteiger partial charge is 0.495 e. The first-order valence-corrected chi connectivity index (χ1v) is 31.3. The van der Waals surface area contributed by atoms with Crippen molar-refractivity contribution in [2.45, 2.75) is 20.8 Å². The number of rotatable bonds is 16. The van der Waals surface area contributed by atoms with Crippen molar-refractivity contribution in [1.82, 2.24) is 60.5 Å². The summed E-state index contributed by atoms with van der Waals surface area (Å²) < 4.78 is 16.8. The van der Waals surface area contributed by atoms with E-state index in [2.05, 4.69) is 174 Å². The molecule has 0 aliphatic rings. The molecule has 19 nitrogen and oxygen atoms in total. The van der Waals surface area contributed by atoms with Crippen LogP contribution in [0.25, 0.3) is 100 Å². The van der Waals surface area contributed by atoms with Gasteiger partial charge in [0, 0.05) is 33.0 Å². The summed E-state index contributed by atoms with van der Waals surface area (Å²) in [5, 5.41) is 43.3. The highest BCUT2D eigenvalue weighted by Crippen LogP contribution is 2.41. The third-order valence-electron chi connectivity index (χ3n) is 15.5. The van der Waals surface area contributed by atoms with Crippen molar-refractivity contribution < 1.29 is 19.0 Å². The number of thiophene rings is 2. The Kier molecular flexibility index (Phi) is 17.4. The average Bonchev–Trinajstić information content (AvgIpc) is 2.40. The Labute approximate surface area is 542 Å². The van der Waals surface area contributed by atoms with E-state index in [1.54, 1.807) is 63.1 Å². The molecule has 15 rings (SSSR count). The van der Waals surface area contributed by atoms with Crippen molar-refractivity contribution >= 4 is 96.1 Å². The highest BCUT2D eigenvalue weighted by molar-refractivity contribution is 7.08. The molecule has 6 N–H and O–H groups in total. The number of Topliss-reactive ketones (excluding diaryl/α,β-unsaturated/α-hetero) is 1. The van der Waals surface area contributed by atoms with Crippen LogP contribution >= 0.6 is 22.7 Å². The maximum Gasteiger partial charge on any atom is 0.186 e. The minimum atomic E-state index is 0.0205. The first kappa shape index (κ1) is 60.0. The lowest BCUT2D eigenvalue weighted by molar-refractivity contribution is 0.101. The van der Waals surface area contributed by atoms with Crippen molar-refractivity contribution in [1.29, 1.82) is 0 Å². The number of anilines is 6. The fourth-order valence-electron chi connectivity index (χ4n) is 10.8. The number of carbonyl (C=O) groups excluding carboxylic acids is 1. The number of nitrogens with one attached hydrogen (secondary N) is 6. The van der Waals surface area contributed by atoms with Crippen LogP contribution in [0.5, 0.6) is 17.2 Å². The van der Waals surface area contributed by atoms with E-state index in [4.69, 9.17) is 14.2 Å². The van der Waals surface area contributed by atoms with Gasteiger partial charge in [0.2, 0.25) is 0 Å². The number of nitrogens with zero attached hydrogens (tertiary/aromatic N) is 9. The molecule has 0 unspecified atom stereocenters. The number of fused-ring (bicyclic) bond motifs is 3. The molecule has 458 valence electrons. The lowest BCUT2D eigenvalue weighted by atomic mass is 10.00. The van der Waals surface area contributed by atoms with Gasteiger partial charge in [0.25, 0.3) is 0 Å². The molecule has 8 heterocycles. The van der Waals surface area contributed by atoms with Crippen molar-refractivity contribution in [2.24, 2.45) is 0 Å². The summed E-state index contributed by atoms with van der Waals surface area (Å²) in [6, 6.07) is 56.6. The Morgan fingerprint density at radius 3 is 1.28 bits per heavy atom. The van der Waals surface area contributed by atoms with E-state index in [-0.39, 0.29) is 5.78 Å². The first-order chi connectivity index (χ1) is 45.6. The molecule has 15 aromatic rings. The average molecular weight is 1260 g/mol. The zero-order chi connectivity index (χ0) is 63.8. The summed E-state index contributed by atoms with van der Waals surface area (Å²) in [6.07, 6.45) is 4.50. The van der Waals surface area contributed by atoms with Crippen molar-refractivity contribution in [3.63, 3.8) is 0 Å². The van der Waals surface area contributed by atoms with Crippen LogP contribution in [0, 0.1) is 13.8 Å². The quantitative estimate of drug-likeness (QED) is 0.0493. The van der Waals surface area contributed by atoms with Crippen molar-refractivity contribution in [3.05, 3.63) is 227 Å². The lowest BCUT2D eigenvalue weighted by Crippen LogP contribution is -1.99. The second-order valence-corrected chi connectivity index (χ2v) is 22.9. The van der Waals surface area contributed by atoms with Crippen LogP contribution in [0.3, 0.4) is 0 Å². The van der Waals surface area contributed by atoms with E-state index in [0.29, 0.717) is 45.7 Å². The van der Waals surface area contributed by atoms with Crippen LogP contribution in [-0.4, -0.2) is 87.6 Å². The zero-order valence-electron chi connectivity index (χ0n) is 51.2. The second-order valence-electron chi connectivity index (χ2n) is 21.4. The van der Waals surface area contributed by atoms with Crippen LogP contribution < -0.4 is 30.2 Å². The number of aryl methyl sites for hydroxylation is 2. The van der Waals surface area contributed by atoms with Gasteiger partial charge >= 0.3 is 0 Å². The number of ether oxygens (including phenoxy) is 3. The van der Waals surface area contributed by atoms with E-state index >= 15 is 0 Å². The molecule has 0 bridgehead atoms. The number of hydrogen-bond acceptors (Lipinski definition) is 18. The number of aromatic nitrogens is 12. The van der Waals surface area contributed by atoms with Gasteiger partial charge in [0.05, 0.1) is 71.6 Å². The Bertz CT molecular complexity index is 5110. The lowest BCUT2D eigenvalue weighted by Gasteiger charge is -2.14. The van der Waals surface area contributed by atoms with Crippen LogP contribution in [0.15, 0.2) is 210 Å². The fraction of sp³-hybridized carbons (Fsp3) is 0.0833. The van der Waals surface area contributed by atoms with Gasteiger partial charge in [-0.25, -0.2) is 29.9 Å². The minimum Gasteiger partial charge on any atom is -0.495 e. The van der Waals surface area contributed by atoms with Gasteiger partial charge in [-0.05, 0) is 119 Å². The van der Waals surface area contributed by atoms with Crippen LogP contribution in [0.2, 0.25) is 0 Å². The molecule has 0 saturated carbocycles. The van der Waals surface area contributed by atoms with Crippen molar-refractivity contribution in [2.75, 3.05) is 37.3 Å². The number of hydrogen-bond donors (Lipinski definition) is 6. The standard InChI is InChI=1S/C26H21N5O2.2C23H19N5OS/c1-16(32)17-8-10-19(11-9-17)24-23-25(27-15-28-26(23)31-30-24)29-21-14-20(12-13-22(21)33-2)18-6-4-3-5-7-18;1-14-4-3-5-15(10-14)16-6-7-19(29-2)18(11-16)26-22-20-21(17-8-9-30-12-17)27-28-23(20)25-13-24-22;1-14-5-3-4-6-17(14)15-7-8-19(29-2)18(11-15)26-22-20-21(16-9-10-30-12-16)27-28-23(20)25-13-24-22/h3-15H,1-2H3,(H2,27,28,29,30,31);2*3-13H,1-2H3,(H2,24,25,26,27,28). The van der Waals surface area contributed by atoms with E-state index in [1.165, 1.54) is 35.7 Å². The maximum atomic E-state index is 11.6. The first-order valence-electron chi connectivity index (χ1n) is 29.4. The van der Waals surface area contributed by atoms with E-state index in [9.17, 15) is 4.79 Å². The molecule has 0 amide bonds. The smallest absolute Gasteiger partial charge is 0.186 e. The molecule has 0 fully saturated rings. The molecule has 0 aliphatic carbocycles. The molecule has 0 saturated heterocycles. The van der Waals surface area contributed by atoms with Gasteiger partial charge in [-0.3, -0.25) is 20.1 Å². The third-order valence-corrected chi connectivity index (χ3v) is 16.9. The predicted octanol–water partition coefficient (Wildman–Crippen LogP) is 17.3. The number of aromatic amines is 3. The summed E-state index contributed by atoms with van der Waals surface area (Å²) >= 11 is 3.27. The Balaban J connectivity index is 0.000000127. The monoisotopic (exact) mass is 1260 g/mol. The predicted molar refractivity (Wildman–Crippen MR) is 372 cm³/mol. The minimum absolute atomic E-state index is 0.0205. The number of H-pyrrole nitrogens is 3. The summed E-state index contributed by atoms with van der Waals surface area (Å²) in [5.41, 5.74) is 19.5. The van der Waals surface area contributed by atoms with Crippen LogP contribution in [0.4, 0.5) is 34.5 Å². The normalized spacial score (nSPS) is 10.9. The molecular weight excluding hydrogens is 1200 g/mol. The van der Waals surface area contributed by atoms with Gasteiger partial charge in [-0.1, -0.05) is 127 Å². The molecule has 7 aromatic carbocycles. The number of ketones is 1.